The van der Waals surface area contributed by atoms with Crippen molar-refractivity contribution in [3.05, 3.63) is 33.8 Å². The molecule has 1 aromatic carbocycles. The molecule has 142 valence electrons. The molecule has 1 aliphatic heterocycles. The minimum atomic E-state index is 0. The predicted octanol–water partition coefficient (Wildman–Crippen LogP) is 5.90. The van der Waals surface area contributed by atoms with Crippen molar-refractivity contribution in [2.45, 2.75) is 71.4 Å². The van der Waals surface area contributed by atoms with E-state index in [1.807, 2.05) is 12.1 Å². The van der Waals surface area contributed by atoms with E-state index < -0.39 is 0 Å². The summed E-state index contributed by atoms with van der Waals surface area (Å²) in [5.41, 5.74) is 1.29. The molecule has 1 saturated heterocycles. The second kappa shape index (κ2) is 10.2. The van der Waals surface area contributed by atoms with Gasteiger partial charge in [0.25, 0.3) is 0 Å². The number of halogens is 2. The van der Waals surface area contributed by atoms with Gasteiger partial charge >= 0.3 is 0 Å². The van der Waals surface area contributed by atoms with Crippen LogP contribution in [0.4, 0.5) is 0 Å². The highest BCUT2D eigenvalue weighted by molar-refractivity contribution is 6.42. The highest BCUT2D eigenvalue weighted by Crippen LogP contribution is 2.25. The minimum absolute atomic E-state index is 0. The first-order valence-corrected chi connectivity index (χ1v) is 10.3. The maximum Gasteiger partial charge on any atom is 0.0595 e. The molecule has 0 radical (unpaired) electrons. The quantitative estimate of drug-likeness (QED) is 0.623. The van der Waals surface area contributed by atoms with E-state index in [0.29, 0.717) is 16.1 Å². The zero-order valence-electron chi connectivity index (χ0n) is 14.8. The number of aryl methyl sites for hydroxylation is 1. The highest BCUT2D eigenvalue weighted by Gasteiger charge is 2.26. The van der Waals surface area contributed by atoms with Crippen LogP contribution in [0.3, 0.4) is 0 Å². The van der Waals surface area contributed by atoms with E-state index in [-0.39, 0.29) is 7.43 Å². The number of rotatable bonds is 5. The predicted molar refractivity (Wildman–Crippen MR) is 111 cm³/mol. The Labute approximate surface area is 164 Å². The Kier molecular flexibility index (Phi) is 8.54. The summed E-state index contributed by atoms with van der Waals surface area (Å²) in [4.78, 5) is 5.41. The van der Waals surface area contributed by atoms with Crippen molar-refractivity contribution in [1.29, 1.82) is 0 Å². The molecule has 0 spiro atoms. The van der Waals surface area contributed by atoms with Gasteiger partial charge in [-0.2, -0.15) is 0 Å². The molecule has 1 aliphatic carbocycles. The Morgan fingerprint density at radius 1 is 1.00 bits per heavy atom. The normalized spacial score (nSPS) is 21.7. The monoisotopic (exact) mass is 384 g/mol. The van der Waals surface area contributed by atoms with E-state index in [2.05, 4.69) is 22.8 Å². The summed E-state index contributed by atoms with van der Waals surface area (Å²) in [6.07, 6.45) is 9.42. The SMILES string of the molecule is C.CC(CCc1ccc(Cl)c(Cl)c1)N1CCN(C2CCCCC2)CC1. The number of benzene rings is 1. The van der Waals surface area contributed by atoms with Crippen molar-refractivity contribution < 1.29 is 0 Å². The average Bonchev–Trinajstić information content (AvgIpc) is 2.63. The highest BCUT2D eigenvalue weighted by atomic mass is 35.5. The van der Waals surface area contributed by atoms with Gasteiger partial charge in [-0.25, -0.2) is 0 Å². The molecular formula is C21H34Cl2N2. The van der Waals surface area contributed by atoms with Gasteiger partial charge in [-0.15, -0.1) is 0 Å². The second-order valence-electron chi connectivity index (χ2n) is 7.50. The lowest BCUT2D eigenvalue weighted by Crippen LogP contribution is -2.53. The van der Waals surface area contributed by atoms with Crippen molar-refractivity contribution in [2.24, 2.45) is 0 Å². The maximum atomic E-state index is 6.12. The molecule has 1 saturated carbocycles. The van der Waals surface area contributed by atoms with E-state index >= 15 is 0 Å². The molecule has 1 aromatic rings. The largest absolute Gasteiger partial charge is 0.298 e. The fraction of sp³-hybridized carbons (Fsp3) is 0.714. The third-order valence-corrected chi connectivity index (χ3v) is 6.64. The first-order valence-electron chi connectivity index (χ1n) is 9.55. The van der Waals surface area contributed by atoms with Crippen molar-refractivity contribution in [3.63, 3.8) is 0 Å². The van der Waals surface area contributed by atoms with Gasteiger partial charge in [0, 0.05) is 38.3 Å². The molecule has 0 amide bonds. The second-order valence-corrected chi connectivity index (χ2v) is 8.31. The summed E-state index contributed by atoms with van der Waals surface area (Å²) >= 11 is 12.1. The Balaban J connectivity index is 0.00000225. The summed E-state index contributed by atoms with van der Waals surface area (Å²) in [5, 5.41) is 1.32. The molecule has 0 bridgehead atoms. The van der Waals surface area contributed by atoms with Crippen molar-refractivity contribution >= 4 is 23.2 Å². The fourth-order valence-corrected chi connectivity index (χ4v) is 4.56. The Morgan fingerprint density at radius 3 is 2.32 bits per heavy atom. The van der Waals surface area contributed by atoms with Crippen molar-refractivity contribution in [3.8, 4) is 0 Å². The van der Waals surface area contributed by atoms with Gasteiger partial charge in [0.1, 0.15) is 0 Å². The van der Waals surface area contributed by atoms with Crippen LogP contribution in [0.25, 0.3) is 0 Å². The molecule has 0 N–H and O–H groups in total. The van der Waals surface area contributed by atoms with Crippen LogP contribution in [0.5, 0.6) is 0 Å². The molecule has 25 heavy (non-hydrogen) atoms. The zero-order chi connectivity index (χ0) is 16.9. The molecule has 1 heterocycles. The molecule has 1 atom stereocenters. The lowest BCUT2D eigenvalue weighted by molar-refractivity contribution is 0.0586. The van der Waals surface area contributed by atoms with Gasteiger partial charge in [0.15, 0.2) is 0 Å². The van der Waals surface area contributed by atoms with Crippen LogP contribution < -0.4 is 0 Å². The van der Waals surface area contributed by atoms with Crippen LogP contribution in [-0.4, -0.2) is 48.1 Å². The summed E-state index contributed by atoms with van der Waals surface area (Å²) in [7, 11) is 0. The molecular weight excluding hydrogens is 351 g/mol. The molecule has 3 rings (SSSR count). The molecule has 1 unspecified atom stereocenters. The zero-order valence-corrected chi connectivity index (χ0v) is 16.3. The average molecular weight is 385 g/mol. The summed E-state index contributed by atoms with van der Waals surface area (Å²) in [5.74, 6) is 0. The van der Waals surface area contributed by atoms with Gasteiger partial charge in [0.2, 0.25) is 0 Å². The lowest BCUT2D eigenvalue weighted by Gasteiger charge is -2.42. The van der Waals surface area contributed by atoms with Gasteiger partial charge in [-0.1, -0.05) is 56.0 Å². The van der Waals surface area contributed by atoms with Crippen LogP contribution in [0, 0.1) is 0 Å². The molecule has 0 aromatic heterocycles. The van der Waals surface area contributed by atoms with Crippen LogP contribution >= 0.6 is 23.2 Å². The van der Waals surface area contributed by atoms with Crippen LogP contribution in [-0.2, 0) is 6.42 Å². The standard InChI is InChI=1S/C20H30Cl2N2.CH4/c1-16(7-8-17-9-10-19(21)20(22)15-17)23-11-13-24(14-12-23)18-5-3-2-4-6-18;/h9-10,15-16,18H,2-8,11-14H2,1H3;1H4. The van der Waals surface area contributed by atoms with E-state index in [1.54, 1.807) is 0 Å². The third kappa shape index (κ3) is 5.85. The van der Waals surface area contributed by atoms with Crippen molar-refractivity contribution in [1.82, 2.24) is 9.80 Å². The van der Waals surface area contributed by atoms with Crippen LogP contribution in [0.15, 0.2) is 18.2 Å². The Bertz CT molecular complexity index is 521. The maximum absolute atomic E-state index is 6.12. The first kappa shape index (κ1) is 21.0. The Morgan fingerprint density at radius 2 is 1.68 bits per heavy atom. The van der Waals surface area contributed by atoms with Crippen LogP contribution in [0.2, 0.25) is 10.0 Å². The number of nitrogens with zero attached hydrogens (tertiary/aromatic N) is 2. The molecule has 4 heteroatoms. The Hall–Kier alpha value is -0.280. The van der Waals surface area contributed by atoms with Gasteiger partial charge < -0.3 is 0 Å². The van der Waals surface area contributed by atoms with E-state index in [9.17, 15) is 0 Å². The number of hydrogen-bond donors (Lipinski definition) is 0. The number of hydrogen-bond acceptors (Lipinski definition) is 2. The van der Waals surface area contributed by atoms with Crippen molar-refractivity contribution in [2.75, 3.05) is 26.2 Å². The van der Waals surface area contributed by atoms with Gasteiger partial charge in [-0.3, -0.25) is 9.80 Å². The summed E-state index contributed by atoms with van der Waals surface area (Å²) in [6.45, 7) is 7.31. The smallest absolute Gasteiger partial charge is 0.0595 e. The topological polar surface area (TPSA) is 6.48 Å². The van der Waals surface area contributed by atoms with E-state index in [4.69, 9.17) is 23.2 Å². The van der Waals surface area contributed by atoms with Gasteiger partial charge in [0.05, 0.1) is 10.0 Å². The van der Waals surface area contributed by atoms with Gasteiger partial charge in [-0.05, 0) is 50.3 Å². The third-order valence-electron chi connectivity index (χ3n) is 5.90. The van der Waals surface area contributed by atoms with Crippen LogP contribution in [0.1, 0.15) is 58.4 Å². The van der Waals surface area contributed by atoms with E-state index in [0.717, 1.165) is 12.5 Å². The number of piperazine rings is 1. The summed E-state index contributed by atoms with van der Waals surface area (Å²) < 4.78 is 0. The first-order chi connectivity index (χ1) is 11.6. The minimum Gasteiger partial charge on any atom is -0.298 e. The molecule has 2 nitrogen and oxygen atoms in total. The fourth-order valence-electron chi connectivity index (χ4n) is 4.24. The van der Waals surface area contributed by atoms with E-state index in [1.165, 1.54) is 70.3 Å². The summed E-state index contributed by atoms with van der Waals surface area (Å²) in [6, 6.07) is 7.52. The molecule has 2 aliphatic rings. The lowest BCUT2D eigenvalue weighted by atomic mass is 9.93. The molecule has 2 fully saturated rings.